The number of rotatable bonds is 5. The minimum absolute atomic E-state index is 0.161. The van der Waals surface area contributed by atoms with E-state index in [9.17, 15) is 0 Å². The molecule has 96 valence electrons. The molecule has 0 saturated carbocycles. The van der Waals surface area contributed by atoms with Gasteiger partial charge in [-0.1, -0.05) is 24.8 Å². The van der Waals surface area contributed by atoms with E-state index >= 15 is 0 Å². The maximum Gasteiger partial charge on any atom is 0.0966 e. The Bertz CT molecular complexity index is 482. The van der Waals surface area contributed by atoms with Gasteiger partial charge in [-0.3, -0.25) is 0 Å². The third-order valence-corrected chi connectivity index (χ3v) is 5.48. The lowest BCUT2D eigenvalue weighted by atomic mass is 10.1. The summed E-state index contributed by atoms with van der Waals surface area (Å²) in [4.78, 5) is 5.76. The molecule has 0 aliphatic rings. The van der Waals surface area contributed by atoms with Crippen LogP contribution in [0.3, 0.4) is 0 Å². The first-order valence-electron chi connectivity index (χ1n) is 6.09. The third kappa shape index (κ3) is 3.13. The second-order valence-electron chi connectivity index (χ2n) is 4.25. The number of hydrogen-bond acceptors (Lipinski definition) is 4. The molecule has 2 nitrogen and oxygen atoms in total. The lowest BCUT2D eigenvalue weighted by Gasteiger charge is -2.21. The Balaban J connectivity index is 2.24. The van der Waals surface area contributed by atoms with Crippen molar-refractivity contribution in [1.29, 1.82) is 0 Å². The molecule has 0 aliphatic heterocycles. The molecule has 0 saturated heterocycles. The lowest BCUT2D eigenvalue weighted by Crippen LogP contribution is -2.25. The molecule has 0 spiro atoms. The van der Waals surface area contributed by atoms with Crippen LogP contribution < -0.4 is 5.73 Å². The fourth-order valence-corrected chi connectivity index (χ4v) is 4.26. The van der Waals surface area contributed by atoms with Crippen molar-refractivity contribution in [3.63, 3.8) is 0 Å². The molecule has 2 rings (SSSR count). The molecular formula is C14H18N2S2. The highest BCUT2D eigenvalue weighted by Crippen LogP contribution is 2.40. The quantitative estimate of drug-likeness (QED) is 0.840. The molecule has 18 heavy (non-hydrogen) atoms. The number of aromatic nitrogens is 1. The Kier molecular flexibility index (Phi) is 4.80. The van der Waals surface area contributed by atoms with Crippen LogP contribution in [0, 0.1) is 6.92 Å². The van der Waals surface area contributed by atoms with Crippen molar-refractivity contribution in [1.82, 2.24) is 4.98 Å². The fourth-order valence-electron chi connectivity index (χ4n) is 1.77. The van der Waals surface area contributed by atoms with E-state index in [-0.39, 0.29) is 6.04 Å². The van der Waals surface area contributed by atoms with Crippen LogP contribution in [0.25, 0.3) is 0 Å². The monoisotopic (exact) mass is 278 g/mol. The van der Waals surface area contributed by atoms with E-state index in [0.29, 0.717) is 5.25 Å². The second-order valence-corrected chi connectivity index (χ2v) is 6.36. The predicted molar refractivity (Wildman–Crippen MR) is 80.2 cm³/mol. The average molecular weight is 278 g/mol. The van der Waals surface area contributed by atoms with Gasteiger partial charge in [-0.2, -0.15) is 0 Å². The number of aryl methyl sites for hydroxylation is 1. The highest BCUT2D eigenvalue weighted by atomic mass is 32.2. The minimum Gasteiger partial charge on any atom is -0.326 e. The summed E-state index contributed by atoms with van der Waals surface area (Å²) < 4.78 is 0. The second kappa shape index (κ2) is 6.36. The standard InChI is InChI=1S/C14H18N2S2/c1-3-11(15)14(13-10(2)7-9-17-13)18-12-6-4-5-8-16-12/h4-9,11,14H,3,15H2,1-2H3. The fraction of sp³-hybridized carbons (Fsp3) is 0.357. The first-order valence-corrected chi connectivity index (χ1v) is 7.85. The summed E-state index contributed by atoms with van der Waals surface area (Å²) >= 11 is 3.56. The number of pyridine rings is 1. The molecule has 2 heterocycles. The molecule has 2 aromatic rings. The highest BCUT2D eigenvalue weighted by Gasteiger charge is 2.23. The van der Waals surface area contributed by atoms with Gasteiger partial charge in [0.25, 0.3) is 0 Å². The van der Waals surface area contributed by atoms with E-state index in [1.54, 1.807) is 23.1 Å². The molecule has 2 N–H and O–H groups in total. The van der Waals surface area contributed by atoms with Crippen LogP contribution in [-0.2, 0) is 0 Å². The van der Waals surface area contributed by atoms with Crippen LogP contribution in [0.5, 0.6) is 0 Å². The van der Waals surface area contributed by atoms with Gasteiger partial charge < -0.3 is 5.73 Å². The number of thioether (sulfide) groups is 1. The van der Waals surface area contributed by atoms with E-state index in [1.165, 1.54) is 10.4 Å². The minimum atomic E-state index is 0.161. The van der Waals surface area contributed by atoms with Crippen LogP contribution in [0.15, 0.2) is 40.9 Å². The Morgan fingerprint density at radius 2 is 2.22 bits per heavy atom. The SMILES string of the molecule is CCC(N)C(Sc1ccccn1)c1sccc1C. The van der Waals surface area contributed by atoms with E-state index in [4.69, 9.17) is 5.73 Å². The van der Waals surface area contributed by atoms with Crippen molar-refractivity contribution < 1.29 is 0 Å². The van der Waals surface area contributed by atoms with Gasteiger partial charge in [-0.25, -0.2) is 4.98 Å². The maximum absolute atomic E-state index is 6.28. The Morgan fingerprint density at radius 3 is 2.78 bits per heavy atom. The predicted octanol–water partition coefficient (Wildman–Crippen LogP) is 4.02. The summed E-state index contributed by atoms with van der Waals surface area (Å²) in [6.45, 7) is 4.29. The third-order valence-electron chi connectivity index (χ3n) is 2.91. The molecule has 0 amide bonds. The van der Waals surface area contributed by atoms with Gasteiger partial charge in [0.15, 0.2) is 0 Å². The van der Waals surface area contributed by atoms with Crippen molar-refractivity contribution >= 4 is 23.1 Å². The zero-order valence-corrected chi connectivity index (χ0v) is 12.3. The van der Waals surface area contributed by atoms with Crippen LogP contribution >= 0.6 is 23.1 Å². The van der Waals surface area contributed by atoms with E-state index < -0.39 is 0 Å². The molecule has 2 unspecified atom stereocenters. The molecule has 0 fully saturated rings. The van der Waals surface area contributed by atoms with Gasteiger partial charge in [0, 0.05) is 17.1 Å². The lowest BCUT2D eigenvalue weighted by molar-refractivity contribution is 0.637. The van der Waals surface area contributed by atoms with Gasteiger partial charge in [0.2, 0.25) is 0 Å². The summed E-state index contributed by atoms with van der Waals surface area (Å²) in [5.41, 5.74) is 7.61. The topological polar surface area (TPSA) is 38.9 Å². The summed E-state index contributed by atoms with van der Waals surface area (Å²) in [5.74, 6) is 0. The van der Waals surface area contributed by atoms with Gasteiger partial charge >= 0.3 is 0 Å². The summed E-state index contributed by atoms with van der Waals surface area (Å²) in [6, 6.07) is 8.33. The maximum atomic E-state index is 6.28. The van der Waals surface area contributed by atoms with Crippen LogP contribution in [0.1, 0.15) is 29.0 Å². The number of nitrogens with two attached hydrogens (primary N) is 1. The molecule has 4 heteroatoms. The average Bonchev–Trinajstić information content (AvgIpc) is 2.82. The largest absolute Gasteiger partial charge is 0.326 e. The number of thiophene rings is 1. The molecule has 0 radical (unpaired) electrons. The van der Waals surface area contributed by atoms with Crippen molar-refractivity contribution in [2.75, 3.05) is 0 Å². The van der Waals surface area contributed by atoms with E-state index in [1.807, 2.05) is 24.4 Å². The molecule has 2 atom stereocenters. The Labute approximate surface area is 117 Å². The molecule has 2 aromatic heterocycles. The van der Waals surface area contributed by atoms with Crippen LogP contribution in [-0.4, -0.2) is 11.0 Å². The first kappa shape index (κ1) is 13.6. The van der Waals surface area contributed by atoms with Gasteiger partial charge in [-0.15, -0.1) is 11.3 Å². The van der Waals surface area contributed by atoms with Crippen molar-refractivity contribution in [2.24, 2.45) is 5.73 Å². The van der Waals surface area contributed by atoms with E-state index in [0.717, 1.165) is 11.4 Å². The summed E-state index contributed by atoms with van der Waals surface area (Å²) in [6.07, 6.45) is 2.81. The number of hydrogen-bond donors (Lipinski definition) is 1. The molecule has 0 aromatic carbocycles. The Hall–Kier alpha value is -0.840. The van der Waals surface area contributed by atoms with Gasteiger partial charge in [-0.05, 0) is 42.5 Å². The van der Waals surface area contributed by atoms with E-state index in [2.05, 4.69) is 30.3 Å². The zero-order valence-electron chi connectivity index (χ0n) is 10.7. The molecule has 0 aliphatic carbocycles. The summed E-state index contributed by atoms with van der Waals surface area (Å²) in [5, 5.41) is 3.48. The van der Waals surface area contributed by atoms with Crippen molar-refractivity contribution in [3.8, 4) is 0 Å². The van der Waals surface area contributed by atoms with Crippen LogP contribution in [0.4, 0.5) is 0 Å². The summed E-state index contributed by atoms with van der Waals surface area (Å²) in [7, 11) is 0. The highest BCUT2D eigenvalue weighted by molar-refractivity contribution is 7.99. The Morgan fingerprint density at radius 1 is 1.39 bits per heavy atom. The normalized spacial score (nSPS) is 14.4. The first-order chi connectivity index (χ1) is 8.72. The van der Waals surface area contributed by atoms with Gasteiger partial charge in [0.05, 0.1) is 10.3 Å². The van der Waals surface area contributed by atoms with Crippen molar-refractivity contribution in [3.05, 3.63) is 46.3 Å². The molecule has 0 bridgehead atoms. The smallest absolute Gasteiger partial charge is 0.0966 e. The number of nitrogens with zero attached hydrogens (tertiary/aromatic N) is 1. The van der Waals surface area contributed by atoms with Gasteiger partial charge in [0.1, 0.15) is 0 Å². The van der Waals surface area contributed by atoms with Crippen LogP contribution in [0.2, 0.25) is 0 Å². The van der Waals surface area contributed by atoms with Crippen molar-refractivity contribution in [2.45, 2.75) is 36.6 Å². The zero-order chi connectivity index (χ0) is 13.0. The molecular weight excluding hydrogens is 260 g/mol.